The van der Waals surface area contributed by atoms with E-state index >= 15 is 0 Å². The van der Waals surface area contributed by atoms with Crippen molar-refractivity contribution in [2.24, 2.45) is 5.92 Å². The standard InChI is InChI=1S/C10H13N3O2.ClH/c14-9(15)8-2-6-13(7-3-8)10-11-4-1-5-12-10;/h1,4-5,8H,2-3,6-7H2,(H,14,15);1H/p-1. The van der Waals surface area contributed by atoms with Gasteiger partial charge in [-0.15, -0.1) is 0 Å². The number of carboxylic acids is 1. The van der Waals surface area contributed by atoms with E-state index in [9.17, 15) is 4.79 Å². The lowest BCUT2D eigenvalue weighted by molar-refractivity contribution is -0.142. The lowest BCUT2D eigenvalue weighted by Crippen LogP contribution is -3.00. The van der Waals surface area contributed by atoms with Gasteiger partial charge in [-0.2, -0.15) is 0 Å². The molecule has 1 aromatic rings. The summed E-state index contributed by atoms with van der Waals surface area (Å²) in [5.74, 6) is -0.199. The van der Waals surface area contributed by atoms with E-state index < -0.39 is 5.97 Å². The van der Waals surface area contributed by atoms with Crippen molar-refractivity contribution in [2.75, 3.05) is 18.0 Å². The molecule has 0 radical (unpaired) electrons. The first-order valence-corrected chi connectivity index (χ1v) is 5.02. The number of halogens is 1. The Hall–Kier alpha value is -1.36. The topological polar surface area (TPSA) is 66.3 Å². The number of hydrogen-bond acceptors (Lipinski definition) is 4. The van der Waals surface area contributed by atoms with Crippen LogP contribution in [0.5, 0.6) is 0 Å². The molecule has 0 aliphatic carbocycles. The number of carbonyl (C=O) groups is 1. The zero-order chi connectivity index (χ0) is 10.7. The summed E-state index contributed by atoms with van der Waals surface area (Å²) >= 11 is 0. The lowest BCUT2D eigenvalue weighted by atomic mass is 9.97. The largest absolute Gasteiger partial charge is 1.00 e. The molecule has 2 heterocycles. The van der Waals surface area contributed by atoms with Gasteiger partial charge in [0.2, 0.25) is 5.95 Å². The average Bonchev–Trinajstić information content (AvgIpc) is 2.30. The summed E-state index contributed by atoms with van der Waals surface area (Å²) in [5, 5.41) is 8.85. The Labute approximate surface area is 99.9 Å². The molecule has 1 N–H and O–H groups in total. The first-order chi connectivity index (χ1) is 7.27. The van der Waals surface area contributed by atoms with Crippen LogP contribution in [-0.2, 0) is 4.79 Å². The SMILES string of the molecule is O=C(O)C1CCN(c2ncccn2)CC1.[Cl-]. The third-order valence-electron chi connectivity index (χ3n) is 2.68. The molecule has 5 nitrogen and oxygen atoms in total. The van der Waals surface area contributed by atoms with Crippen LogP contribution in [0.15, 0.2) is 18.5 Å². The number of aromatic nitrogens is 2. The van der Waals surface area contributed by atoms with E-state index in [2.05, 4.69) is 9.97 Å². The molecule has 1 aromatic heterocycles. The zero-order valence-electron chi connectivity index (χ0n) is 8.71. The van der Waals surface area contributed by atoms with Crippen molar-refractivity contribution in [2.45, 2.75) is 12.8 Å². The fraction of sp³-hybridized carbons (Fsp3) is 0.500. The van der Waals surface area contributed by atoms with Crippen LogP contribution >= 0.6 is 0 Å². The smallest absolute Gasteiger partial charge is 0.306 e. The highest BCUT2D eigenvalue weighted by molar-refractivity contribution is 5.70. The summed E-state index contributed by atoms with van der Waals surface area (Å²) in [4.78, 5) is 21.1. The Kier molecular flexibility index (Phi) is 4.49. The molecule has 1 fully saturated rings. The zero-order valence-corrected chi connectivity index (χ0v) is 9.47. The molecule has 2 rings (SSSR count). The van der Waals surface area contributed by atoms with Crippen LogP contribution in [0, 0.1) is 5.92 Å². The Morgan fingerprint density at radius 2 is 1.88 bits per heavy atom. The van der Waals surface area contributed by atoms with Crippen molar-refractivity contribution in [3.05, 3.63) is 18.5 Å². The maximum Gasteiger partial charge on any atom is 0.306 e. The fourth-order valence-corrected chi connectivity index (χ4v) is 1.78. The number of piperidine rings is 1. The van der Waals surface area contributed by atoms with Crippen LogP contribution in [0.1, 0.15) is 12.8 Å². The van der Waals surface area contributed by atoms with E-state index in [1.54, 1.807) is 18.5 Å². The second-order valence-corrected chi connectivity index (χ2v) is 3.65. The van der Waals surface area contributed by atoms with Crippen molar-refractivity contribution in [1.29, 1.82) is 0 Å². The number of aliphatic carboxylic acids is 1. The molecule has 0 amide bonds. The minimum atomic E-state index is -0.691. The summed E-state index contributed by atoms with van der Waals surface area (Å²) < 4.78 is 0. The molecular weight excluding hydrogens is 230 g/mol. The van der Waals surface area contributed by atoms with E-state index in [0.29, 0.717) is 18.8 Å². The Morgan fingerprint density at radius 3 is 2.38 bits per heavy atom. The highest BCUT2D eigenvalue weighted by Gasteiger charge is 2.25. The van der Waals surface area contributed by atoms with Gasteiger partial charge in [-0.25, -0.2) is 9.97 Å². The van der Waals surface area contributed by atoms with Crippen molar-refractivity contribution in [3.8, 4) is 0 Å². The second-order valence-electron chi connectivity index (χ2n) is 3.65. The summed E-state index contributed by atoms with van der Waals surface area (Å²) in [5.41, 5.74) is 0. The van der Waals surface area contributed by atoms with E-state index in [1.165, 1.54) is 0 Å². The minimum absolute atomic E-state index is 0. The number of anilines is 1. The molecule has 0 aromatic carbocycles. The van der Waals surface area contributed by atoms with Gasteiger partial charge in [-0.05, 0) is 18.9 Å². The molecule has 0 atom stereocenters. The fourth-order valence-electron chi connectivity index (χ4n) is 1.78. The van der Waals surface area contributed by atoms with Gasteiger partial charge in [0.05, 0.1) is 5.92 Å². The second kappa shape index (κ2) is 5.65. The highest BCUT2D eigenvalue weighted by atomic mass is 35.5. The molecule has 16 heavy (non-hydrogen) atoms. The van der Waals surface area contributed by atoms with Gasteiger partial charge in [-0.1, -0.05) is 0 Å². The van der Waals surface area contributed by atoms with E-state index in [1.807, 2.05) is 4.90 Å². The molecule has 1 aliphatic heterocycles. The molecule has 1 aliphatic rings. The first kappa shape index (κ1) is 12.7. The van der Waals surface area contributed by atoms with Crippen molar-refractivity contribution < 1.29 is 22.3 Å². The monoisotopic (exact) mass is 242 g/mol. The number of carboxylic acid groups (broad SMARTS) is 1. The predicted molar refractivity (Wildman–Crippen MR) is 54.6 cm³/mol. The van der Waals surface area contributed by atoms with Crippen molar-refractivity contribution in [1.82, 2.24) is 9.97 Å². The van der Waals surface area contributed by atoms with Gasteiger partial charge in [0.1, 0.15) is 0 Å². The molecule has 0 saturated carbocycles. The van der Waals surface area contributed by atoms with Gasteiger partial charge in [-0.3, -0.25) is 4.79 Å². The molecule has 0 unspecified atom stereocenters. The summed E-state index contributed by atoms with van der Waals surface area (Å²) in [6, 6.07) is 1.77. The molecule has 88 valence electrons. The normalized spacial score (nSPS) is 16.6. The van der Waals surface area contributed by atoms with Crippen LogP contribution in [-0.4, -0.2) is 34.1 Å². The van der Waals surface area contributed by atoms with E-state index in [0.717, 1.165) is 13.1 Å². The number of rotatable bonds is 2. The van der Waals surface area contributed by atoms with Gasteiger partial charge in [0, 0.05) is 25.5 Å². The molecule has 0 bridgehead atoms. The van der Waals surface area contributed by atoms with Gasteiger partial charge in [0.25, 0.3) is 0 Å². The highest BCUT2D eigenvalue weighted by Crippen LogP contribution is 2.19. The van der Waals surface area contributed by atoms with Crippen LogP contribution in [0.3, 0.4) is 0 Å². The van der Waals surface area contributed by atoms with Crippen molar-refractivity contribution in [3.63, 3.8) is 0 Å². The molecule has 6 heteroatoms. The molecule has 0 spiro atoms. The third-order valence-corrected chi connectivity index (χ3v) is 2.68. The van der Waals surface area contributed by atoms with E-state index in [4.69, 9.17) is 5.11 Å². The summed E-state index contributed by atoms with van der Waals surface area (Å²) in [6.45, 7) is 1.45. The Bertz CT molecular complexity index is 339. The average molecular weight is 243 g/mol. The lowest BCUT2D eigenvalue weighted by Gasteiger charge is -2.29. The van der Waals surface area contributed by atoms with Crippen LogP contribution in [0.25, 0.3) is 0 Å². The van der Waals surface area contributed by atoms with Gasteiger partial charge in [0.15, 0.2) is 0 Å². The summed E-state index contributed by atoms with van der Waals surface area (Å²) in [6.07, 6.45) is 4.75. The first-order valence-electron chi connectivity index (χ1n) is 5.02. The van der Waals surface area contributed by atoms with Gasteiger partial charge >= 0.3 is 5.97 Å². The molecular formula is C10H13ClN3O2-. The van der Waals surface area contributed by atoms with Crippen LogP contribution < -0.4 is 17.3 Å². The predicted octanol–water partition coefficient (Wildman–Crippen LogP) is -2.22. The third kappa shape index (κ3) is 2.82. The number of hydrogen-bond donors (Lipinski definition) is 1. The quantitative estimate of drug-likeness (QED) is 0.637. The Balaban J connectivity index is 0.00000128. The Morgan fingerprint density at radius 1 is 1.31 bits per heavy atom. The van der Waals surface area contributed by atoms with Crippen LogP contribution in [0.2, 0.25) is 0 Å². The molecule has 1 saturated heterocycles. The van der Waals surface area contributed by atoms with Crippen molar-refractivity contribution >= 4 is 11.9 Å². The maximum atomic E-state index is 10.7. The van der Waals surface area contributed by atoms with Crippen LogP contribution in [0.4, 0.5) is 5.95 Å². The summed E-state index contributed by atoms with van der Waals surface area (Å²) in [7, 11) is 0. The van der Waals surface area contributed by atoms with E-state index in [-0.39, 0.29) is 18.3 Å². The number of nitrogens with zero attached hydrogens (tertiary/aromatic N) is 3. The maximum absolute atomic E-state index is 10.7. The van der Waals surface area contributed by atoms with Gasteiger partial charge < -0.3 is 22.4 Å². The minimum Gasteiger partial charge on any atom is -1.00 e.